The molecular weight excluding hydrogens is 178 g/mol. The first kappa shape index (κ1) is 8.50. The van der Waals surface area contributed by atoms with Crippen LogP contribution >= 0.6 is 0 Å². The van der Waals surface area contributed by atoms with E-state index >= 15 is 0 Å². The number of aldehydes is 1. The number of rotatable bonds is 2. The predicted octanol–water partition coefficient (Wildman–Crippen LogP) is 1.47. The number of carbonyl (C=O) groups excluding carboxylic acids is 1. The second-order valence-corrected chi connectivity index (χ2v) is 2.90. The summed E-state index contributed by atoms with van der Waals surface area (Å²) in [6, 6.07) is 7.25. The lowest BCUT2D eigenvalue weighted by molar-refractivity contribution is 0.112. The Hall–Kier alpha value is -2.10. The number of carbonyl (C=O) groups is 1. The molecule has 0 aliphatic carbocycles. The summed E-state index contributed by atoms with van der Waals surface area (Å²) in [5.74, 6) is 0.472. The Morgan fingerprint density at radius 1 is 1.29 bits per heavy atom. The largest absolute Gasteiger partial charge is 0.384 e. The summed E-state index contributed by atoms with van der Waals surface area (Å²) in [4.78, 5) is 10.8. The highest BCUT2D eigenvalue weighted by molar-refractivity contribution is 5.89. The molecule has 0 radical (unpaired) electrons. The number of anilines is 1. The zero-order valence-electron chi connectivity index (χ0n) is 7.40. The molecule has 1 aromatic heterocycles. The average molecular weight is 187 g/mol. The molecule has 1 heterocycles. The molecular formula is C10H9N3O. The van der Waals surface area contributed by atoms with Gasteiger partial charge in [-0.3, -0.25) is 9.89 Å². The van der Waals surface area contributed by atoms with E-state index in [0.717, 1.165) is 17.4 Å². The van der Waals surface area contributed by atoms with Crippen LogP contribution in [0.25, 0.3) is 11.1 Å². The summed E-state index contributed by atoms with van der Waals surface area (Å²) < 4.78 is 0. The summed E-state index contributed by atoms with van der Waals surface area (Å²) in [7, 11) is 0. The van der Waals surface area contributed by atoms with Crippen molar-refractivity contribution in [3.8, 4) is 11.1 Å². The number of nitrogen functional groups attached to an aromatic ring is 1. The molecule has 0 atom stereocenters. The summed E-state index contributed by atoms with van der Waals surface area (Å²) in [5, 5.41) is 6.44. The molecule has 0 unspecified atom stereocenters. The highest BCUT2D eigenvalue weighted by atomic mass is 16.1. The van der Waals surface area contributed by atoms with Gasteiger partial charge in [-0.2, -0.15) is 5.10 Å². The first-order chi connectivity index (χ1) is 6.83. The summed E-state index contributed by atoms with van der Waals surface area (Å²) in [6.45, 7) is 0. The summed E-state index contributed by atoms with van der Waals surface area (Å²) in [6.07, 6.45) is 2.42. The van der Waals surface area contributed by atoms with Crippen molar-refractivity contribution in [1.82, 2.24) is 10.2 Å². The average Bonchev–Trinajstić information content (AvgIpc) is 2.64. The maximum absolute atomic E-state index is 10.8. The topological polar surface area (TPSA) is 71.8 Å². The minimum Gasteiger partial charge on any atom is -0.384 e. The fourth-order valence-electron chi connectivity index (χ4n) is 1.36. The van der Waals surface area contributed by atoms with Gasteiger partial charge < -0.3 is 5.73 Å². The highest BCUT2D eigenvalue weighted by Crippen LogP contribution is 2.25. The van der Waals surface area contributed by atoms with Crippen LogP contribution in [0.1, 0.15) is 10.4 Å². The summed E-state index contributed by atoms with van der Waals surface area (Å²) in [5.41, 5.74) is 7.83. The number of nitrogens with two attached hydrogens (primary N) is 1. The molecule has 1 aromatic carbocycles. The maximum atomic E-state index is 10.8. The molecule has 2 rings (SSSR count). The number of nitrogens with zero attached hydrogens (tertiary/aromatic N) is 1. The third-order valence-electron chi connectivity index (χ3n) is 2.05. The number of benzene rings is 1. The van der Waals surface area contributed by atoms with Crippen molar-refractivity contribution in [3.05, 3.63) is 36.0 Å². The van der Waals surface area contributed by atoms with E-state index in [4.69, 9.17) is 5.73 Å². The number of nitrogens with one attached hydrogen (secondary N) is 1. The van der Waals surface area contributed by atoms with Gasteiger partial charge in [0.1, 0.15) is 5.82 Å². The summed E-state index contributed by atoms with van der Waals surface area (Å²) >= 11 is 0. The van der Waals surface area contributed by atoms with Crippen LogP contribution in [0.15, 0.2) is 30.5 Å². The van der Waals surface area contributed by atoms with Gasteiger partial charge in [0.25, 0.3) is 0 Å². The van der Waals surface area contributed by atoms with Crippen LogP contribution in [0.3, 0.4) is 0 Å². The van der Waals surface area contributed by atoms with Gasteiger partial charge in [-0.05, 0) is 5.56 Å². The molecule has 0 amide bonds. The van der Waals surface area contributed by atoms with Crippen LogP contribution in [0, 0.1) is 0 Å². The monoisotopic (exact) mass is 187 g/mol. The number of hydrogen-bond acceptors (Lipinski definition) is 3. The number of aromatic nitrogens is 2. The minimum atomic E-state index is 0.472. The van der Waals surface area contributed by atoms with Crippen LogP contribution in [-0.2, 0) is 0 Å². The SMILES string of the molecule is Nc1[nH]ncc1-c1ccccc1C=O. The second kappa shape index (κ2) is 3.33. The molecule has 0 saturated heterocycles. The molecule has 4 heteroatoms. The second-order valence-electron chi connectivity index (χ2n) is 2.90. The third-order valence-corrected chi connectivity index (χ3v) is 2.05. The predicted molar refractivity (Wildman–Crippen MR) is 53.8 cm³/mol. The van der Waals surface area contributed by atoms with E-state index in [1.165, 1.54) is 0 Å². The zero-order chi connectivity index (χ0) is 9.97. The standard InChI is InChI=1S/C10H9N3O/c11-10-9(5-12-13-10)8-4-2-1-3-7(8)6-14/h1-6H,(H3,11,12,13). The molecule has 0 bridgehead atoms. The van der Waals surface area contributed by atoms with Gasteiger partial charge in [-0.1, -0.05) is 24.3 Å². The zero-order valence-corrected chi connectivity index (χ0v) is 7.40. The Bertz CT molecular complexity index is 462. The number of H-pyrrole nitrogens is 1. The normalized spacial score (nSPS) is 10.0. The maximum Gasteiger partial charge on any atom is 0.150 e. The van der Waals surface area contributed by atoms with Gasteiger partial charge in [-0.15, -0.1) is 0 Å². The third kappa shape index (κ3) is 1.26. The van der Waals surface area contributed by atoms with E-state index in [0.29, 0.717) is 11.4 Å². The van der Waals surface area contributed by atoms with Gasteiger partial charge in [0, 0.05) is 11.1 Å². The Balaban J connectivity index is 2.62. The lowest BCUT2D eigenvalue weighted by Crippen LogP contribution is -1.91. The molecule has 0 aliphatic rings. The molecule has 4 nitrogen and oxygen atoms in total. The quantitative estimate of drug-likeness (QED) is 0.699. The number of hydrogen-bond donors (Lipinski definition) is 2. The molecule has 2 aromatic rings. The molecule has 0 fully saturated rings. The van der Waals surface area contributed by atoms with Crippen molar-refractivity contribution >= 4 is 12.1 Å². The van der Waals surface area contributed by atoms with E-state index in [2.05, 4.69) is 10.2 Å². The Morgan fingerprint density at radius 2 is 2.07 bits per heavy atom. The van der Waals surface area contributed by atoms with E-state index < -0.39 is 0 Å². The van der Waals surface area contributed by atoms with E-state index in [1.54, 1.807) is 12.3 Å². The van der Waals surface area contributed by atoms with Crippen molar-refractivity contribution in [1.29, 1.82) is 0 Å². The van der Waals surface area contributed by atoms with Gasteiger partial charge in [0.15, 0.2) is 6.29 Å². The first-order valence-corrected chi connectivity index (χ1v) is 4.16. The van der Waals surface area contributed by atoms with E-state index in [9.17, 15) is 4.79 Å². The van der Waals surface area contributed by atoms with Gasteiger partial charge in [-0.25, -0.2) is 0 Å². The lowest BCUT2D eigenvalue weighted by Gasteiger charge is -2.01. The first-order valence-electron chi connectivity index (χ1n) is 4.16. The fraction of sp³-hybridized carbons (Fsp3) is 0. The van der Waals surface area contributed by atoms with Crippen LogP contribution in [0.2, 0.25) is 0 Å². The Labute approximate surface area is 80.8 Å². The Morgan fingerprint density at radius 3 is 2.71 bits per heavy atom. The van der Waals surface area contributed by atoms with Gasteiger partial charge in [0.2, 0.25) is 0 Å². The Kier molecular flexibility index (Phi) is 2.02. The van der Waals surface area contributed by atoms with Crippen LogP contribution in [-0.4, -0.2) is 16.5 Å². The molecule has 3 N–H and O–H groups in total. The molecule has 70 valence electrons. The molecule has 0 saturated carbocycles. The van der Waals surface area contributed by atoms with Crippen molar-refractivity contribution in [2.45, 2.75) is 0 Å². The van der Waals surface area contributed by atoms with Crippen molar-refractivity contribution in [2.24, 2.45) is 0 Å². The van der Waals surface area contributed by atoms with Gasteiger partial charge >= 0.3 is 0 Å². The van der Waals surface area contributed by atoms with Gasteiger partial charge in [0.05, 0.1) is 6.20 Å². The van der Waals surface area contributed by atoms with Crippen LogP contribution < -0.4 is 5.73 Å². The molecule has 0 spiro atoms. The fourth-order valence-corrected chi connectivity index (χ4v) is 1.36. The van der Waals surface area contributed by atoms with Crippen LogP contribution in [0.5, 0.6) is 0 Å². The van der Waals surface area contributed by atoms with Crippen molar-refractivity contribution in [2.75, 3.05) is 5.73 Å². The molecule has 14 heavy (non-hydrogen) atoms. The van der Waals surface area contributed by atoms with E-state index in [-0.39, 0.29) is 0 Å². The molecule has 0 aliphatic heterocycles. The van der Waals surface area contributed by atoms with Crippen molar-refractivity contribution < 1.29 is 4.79 Å². The lowest BCUT2D eigenvalue weighted by atomic mass is 10.0. The van der Waals surface area contributed by atoms with E-state index in [1.807, 2.05) is 18.2 Å². The highest BCUT2D eigenvalue weighted by Gasteiger charge is 2.07. The number of aromatic amines is 1. The van der Waals surface area contributed by atoms with Crippen molar-refractivity contribution in [3.63, 3.8) is 0 Å². The minimum absolute atomic E-state index is 0.472. The van der Waals surface area contributed by atoms with Crippen LogP contribution in [0.4, 0.5) is 5.82 Å². The smallest absolute Gasteiger partial charge is 0.150 e.